The maximum atomic E-state index is 13.5. The van der Waals surface area contributed by atoms with Gasteiger partial charge in [-0.1, -0.05) is 0 Å². The first-order valence-electron chi connectivity index (χ1n) is 9.11. The Morgan fingerprint density at radius 2 is 1.07 bits per heavy atom. The third-order valence-corrected chi connectivity index (χ3v) is 12.3. The van der Waals surface area contributed by atoms with E-state index >= 15 is 0 Å². The summed E-state index contributed by atoms with van der Waals surface area (Å²) in [5.41, 5.74) is 0.769. The van der Waals surface area contributed by atoms with E-state index in [0.29, 0.717) is 6.16 Å². The van der Waals surface area contributed by atoms with Crippen molar-refractivity contribution in [1.29, 1.82) is 0 Å². The Kier molecular flexibility index (Phi) is 5.02. The first-order chi connectivity index (χ1) is 13.6. The summed E-state index contributed by atoms with van der Waals surface area (Å²) in [6.45, 7) is 0. The van der Waals surface area contributed by atoms with Crippen LogP contribution in [0.4, 0.5) is 4.39 Å². The van der Waals surface area contributed by atoms with Gasteiger partial charge in [-0.2, -0.15) is 0 Å². The van der Waals surface area contributed by atoms with Crippen molar-refractivity contribution in [2.45, 2.75) is 6.16 Å². The number of hydrogen-bond acceptors (Lipinski definition) is 1. The Balaban J connectivity index is 2.07. The monoisotopic (exact) mass is 407 g/mol. The molecule has 1 nitrogen and oxygen atoms in total. The van der Waals surface area contributed by atoms with Crippen molar-refractivity contribution in [3.8, 4) is 0 Å². The van der Waals surface area contributed by atoms with Crippen LogP contribution in [0.25, 0.3) is 0 Å². The Morgan fingerprint density at radius 3 is 1.43 bits per heavy atom. The molecule has 0 unspecified atom stereocenters. The van der Waals surface area contributed by atoms with E-state index in [1.54, 1.807) is 6.07 Å². The van der Waals surface area contributed by atoms with Gasteiger partial charge < -0.3 is 0 Å². The molecule has 0 N–H and O–H groups in total. The number of halogens is 2. The number of nitrogens with zero attached hydrogens (tertiary/aromatic N) is 1. The van der Waals surface area contributed by atoms with E-state index in [1.165, 1.54) is 12.3 Å². The summed E-state index contributed by atoms with van der Waals surface area (Å²) < 4.78 is 13.5. The Hall–Kier alpha value is -2.54. The van der Waals surface area contributed by atoms with Crippen molar-refractivity contribution in [2.24, 2.45) is 0 Å². The summed E-state index contributed by atoms with van der Waals surface area (Å²) >= 11 is 7.95. The van der Waals surface area contributed by atoms with E-state index in [-0.39, 0.29) is 5.82 Å². The first kappa shape index (κ1) is 18.8. The second-order valence-corrected chi connectivity index (χ2v) is 13.3. The van der Waals surface area contributed by atoms with Crippen molar-refractivity contribution in [1.82, 2.24) is 4.98 Å². The first-order valence-corrected chi connectivity index (χ1v) is 12.4. The molecule has 0 bridgehead atoms. The summed E-state index contributed by atoms with van der Waals surface area (Å²) in [6, 6.07) is 33.8. The summed E-state index contributed by atoms with van der Waals surface area (Å²) in [4.78, 5) is 4.36. The molecule has 0 aliphatic carbocycles. The molecule has 0 atom stereocenters. The van der Waals surface area contributed by atoms with Gasteiger partial charge in [-0.3, -0.25) is 0 Å². The zero-order chi connectivity index (χ0) is 19.5. The average Bonchev–Trinajstić information content (AvgIpc) is 2.77. The van der Waals surface area contributed by atoms with Gasteiger partial charge in [0.15, 0.2) is 0 Å². The van der Waals surface area contributed by atoms with Gasteiger partial charge in [0, 0.05) is 0 Å². The number of pyridine rings is 1. The van der Waals surface area contributed by atoms with Crippen LogP contribution in [0.15, 0.2) is 109 Å². The maximum absolute atomic E-state index is 13.5. The van der Waals surface area contributed by atoms with Gasteiger partial charge >= 0.3 is 169 Å². The Bertz CT molecular complexity index is 955. The molecule has 4 heteroatoms. The molecule has 0 amide bonds. The zero-order valence-corrected chi connectivity index (χ0v) is 16.9. The van der Waals surface area contributed by atoms with Crippen molar-refractivity contribution < 1.29 is 4.39 Å². The molecular formula is C24H20ClFNP. The Morgan fingerprint density at radius 1 is 0.643 bits per heavy atom. The quantitative estimate of drug-likeness (QED) is 0.403. The predicted molar refractivity (Wildman–Crippen MR) is 119 cm³/mol. The van der Waals surface area contributed by atoms with Gasteiger partial charge in [-0.25, -0.2) is 0 Å². The predicted octanol–water partition coefficient (Wildman–Crippen LogP) is 5.40. The molecule has 28 heavy (non-hydrogen) atoms. The number of aromatic nitrogens is 1. The van der Waals surface area contributed by atoms with Crippen molar-refractivity contribution in [3.05, 3.63) is 121 Å². The van der Waals surface area contributed by atoms with Gasteiger partial charge in [0.25, 0.3) is 0 Å². The van der Waals surface area contributed by atoms with Gasteiger partial charge in [0.05, 0.1) is 0 Å². The fraction of sp³-hybridized carbons (Fsp3) is 0.0417. The van der Waals surface area contributed by atoms with Crippen molar-refractivity contribution in [3.63, 3.8) is 0 Å². The number of hydrogen-bond donors (Lipinski definition) is 0. The van der Waals surface area contributed by atoms with Crippen LogP contribution in [0, 0.1) is 5.82 Å². The molecule has 0 radical (unpaired) electrons. The molecule has 0 fully saturated rings. The molecule has 1 heterocycles. The average molecular weight is 408 g/mol. The summed E-state index contributed by atoms with van der Waals surface area (Å²) in [7, 11) is 0. The van der Waals surface area contributed by atoms with Crippen LogP contribution in [0.1, 0.15) is 5.69 Å². The van der Waals surface area contributed by atoms with Crippen LogP contribution in [-0.2, 0) is 6.16 Å². The standard InChI is InChI=1S/C24H20ClFNP/c25-28(22-10-4-1-5-11-22,23-12-6-2-7-13-23,24-14-8-3-9-15-24)19-21-17-16-20(26)18-27-21/h1-18H,19H2. The number of benzene rings is 3. The summed E-state index contributed by atoms with van der Waals surface area (Å²) in [6.07, 6.45) is 1.76. The van der Waals surface area contributed by atoms with E-state index in [4.69, 9.17) is 11.2 Å². The SMILES string of the molecule is Fc1ccc(CP(Cl)(c2ccccc2)(c2ccccc2)c2ccccc2)nc1. The van der Waals surface area contributed by atoms with E-state index < -0.39 is 5.96 Å². The van der Waals surface area contributed by atoms with Gasteiger partial charge in [-0.05, 0) is 0 Å². The van der Waals surface area contributed by atoms with E-state index in [0.717, 1.165) is 21.6 Å². The zero-order valence-electron chi connectivity index (χ0n) is 15.2. The van der Waals surface area contributed by atoms with Gasteiger partial charge in [0.2, 0.25) is 0 Å². The van der Waals surface area contributed by atoms with Crippen LogP contribution in [0.3, 0.4) is 0 Å². The molecule has 4 aromatic rings. The normalized spacial score (nSPS) is 12.9. The molecule has 0 saturated heterocycles. The van der Waals surface area contributed by atoms with Crippen molar-refractivity contribution in [2.75, 3.05) is 0 Å². The molecule has 3 aromatic carbocycles. The summed E-state index contributed by atoms with van der Waals surface area (Å²) in [5, 5.41) is 3.20. The van der Waals surface area contributed by atoms with E-state index in [9.17, 15) is 4.39 Å². The third kappa shape index (κ3) is 3.13. The minimum absolute atomic E-state index is 0.349. The molecule has 0 aliphatic rings. The second kappa shape index (κ2) is 7.47. The fourth-order valence-electron chi connectivity index (χ4n) is 3.74. The molecule has 0 spiro atoms. The number of rotatable bonds is 5. The van der Waals surface area contributed by atoms with Crippen LogP contribution in [-0.4, -0.2) is 4.98 Å². The third-order valence-electron chi connectivity index (χ3n) is 5.13. The van der Waals surface area contributed by atoms with Crippen LogP contribution in [0.2, 0.25) is 0 Å². The Labute approximate surface area is 169 Å². The van der Waals surface area contributed by atoms with Gasteiger partial charge in [0.1, 0.15) is 0 Å². The molecule has 0 saturated carbocycles. The minimum atomic E-state index is -3.41. The second-order valence-electron chi connectivity index (χ2n) is 6.82. The van der Waals surface area contributed by atoms with Crippen LogP contribution >= 0.6 is 17.2 Å². The van der Waals surface area contributed by atoms with Gasteiger partial charge in [-0.15, -0.1) is 0 Å². The molecule has 0 aliphatic heterocycles. The molecule has 1 aromatic heterocycles. The van der Waals surface area contributed by atoms with Crippen LogP contribution in [0.5, 0.6) is 0 Å². The van der Waals surface area contributed by atoms with E-state index in [2.05, 4.69) is 41.4 Å². The molecule has 140 valence electrons. The molecule has 4 rings (SSSR count). The fourth-order valence-corrected chi connectivity index (χ4v) is 9.74. The van der Waals surface area contributed by atoms with Crippen molar-refractivity contribution >= 4 is 33.1 Å². The van der Waals surface area contributed by atoms with E-state index in [1.807, 2.05) is 54.6 Å². The topological polar surface area (TPSA) is 12.9 Å². The van der Waals surface area contributed by atoms with Crippen LogP contribution < -0.4 is 15.9 Å². The molecular weight excluding hydrogens is 388 g/mol. The summed E-state index contributed by atoms with van der Waals surface area (Å²) in [5.74, 6) is -3.76.